The predicted octanol–water partition coefficient (Wildman–Crippen LogP) is 2.57. The first-order chi connectivity index (χ1) is 12.3. The molecule has 1 fully saturated rings. The molecule has 0 aliphatic carbocycles. The van der Waals surface area contributed by atoms with Crippen molar-refractivity contribution >= 4 is 23.2 Å². The lowest BCUT2D eigenvalue weighted by atomic mass is 9.87. The Morgan fingerprint density at radius 1 is 1.15 bits per heavy atom. The summed E-state index contributed by atoms with van der Waals surface area (Å²) in [5.74, 6) is 0.00694. The van der Waals surface area contributed by atoms with Crippen molar-refractivity contribution in [3.05, 3.63) is 57.0 Å². The summed E-state index contributed by atoms with van der Waals surface area (Å²) in [5, 5.41) is 6.13. The van der Waals surface area contributed by atoms with E-state index in [1.54, 1.807) is 4.90 Å². The van der Waals surface area contributed by atoms with Crippen LogP contribution < -0.4 is 10.5 Å². The molecule has 1 aromatic carbocycles. The highest BCUT2D eigenvalue weighted by atomic mass is 35.5. The van der Waals surface area contributed by atoms with Crippen LogP contribution in [0.5, 0.6) is 0 Å². The van der Waals surface area contributed by atoms with Crippen LogP contribution in [0.3, 0.4) is 0 Å². The highest BCUT2D eigenvalue weighted by Gasteiger charge is 2.26. The van der Waals surface area contributed by atoms with E-state index in [4.69, 9.17) is 11.6 Å². The lowest BCUT2D eigenvalue weighted by molar-refractivity contribution is -0.131. The van der Waals surface area contributed by atoms with E-state index in [1.165, 1.54) is 11.8 Å². The standard InChI is InChI=1S/C19H23ClN4O2/c1-19(2,3)14-6-4-13(5-7-14)11-24-9-8-23(12-16(24)25)15-10-21-22-18(26)17(15)20/h4-7,10H,8-9,11-12H2,1-3H3,(H,22,26). The first-order valence-corrected chi connectivity index (χ1v) is 8.99. The molecule has 1 N–H and O–H groups in total. The van der Waals surface area contributed by atoms with E-state index >= 15 is 0 Å². The van der Waals surface area contributed by atoms with Gasteiger partial charge in [0.05, 0.1) is 18.4 Å². The minimum atomic E-state index is -0.446. The first-order valence-electron chi connectivity index (χ1n) is 8.61. The van der Waals surface area contributed by atoms with Gasteiger partial charge in [-0.1, -0.05) is 56.6 Å². The Kier molecular flexibility index (Phi) is 5.05. The number of nitrogens with zero attached hydrogens (tertiary/aromatic N) is 3. The molecule has 1 amide bonds. The maximum atomic E-state index is 12.5. The van der Waals surface area contributed by atoms with Crippen LogP contribution in [0, 0.1) is 0 Å². The molecular formula is C19H23ClN4O2. The number of hydrogen-bond acceptors (Lipinski definition) is 4. The second-order valence-corrected chi connectivity index (χ2v) is 7.96. The molecule has 0 radical (unpaired) electrons. The second kappa shape index (κ2) is 7.11. The molecule has 0 spiro atoms. The van der Waals surface area contributed by atoms with Crippen molar-refractivity contribution in [1.82, 2.24) is 15.1 Å². The van der Waals surface area contributed by atoms with Gasteiger partial charge in [0.1, 0.15) is 5.02 Å². The average Bonchev–Trinajstić information content (AvgIpc) is 2.59. The zero-order chi connectivity index (χ0) is 18.9. The van der Waals surface area contributed by atoms with Crippen LogP contribution in [0.1, 0.15) is 31.9 Å². The van der Waals surface area contributed by atoms with Crippen LogP contribution in [0.4, 0.5) is 5.69 Å². The topological polar surface area (TPSA) is 69.3 Å². The number of anilines is 1. The minimum absolute atomic E-state index is 0.00694. The molecule has 6 nitrogen and oxygen atoms in total. The van der Waals surface area contributed by atoms with Gasteiger partial charge in [-0.3, -0.25) is 9.59 Å². The second-order valence-electron chi connectivity index (χ2n) is 7.58. The number of piperazine rings is 1. The SMILES string of the molecule is CC(C)(C)c1ccc(CN2CCN(c3cn[nH]c(=O)c3Cl)CC2=O)cc1. The summed E-state index contributed by atoms with van der Waals surface area (Å²) >= 11 is 6.04. The van der Waals surface area contributed by atoms with Gasteiger partial charge in [0.15, 0.2) is 0 Å². The number of amides is 1. The van der Waals surface area contributed by atoms with Crippen LogP contribution in [0.15, 0.2) is 35.3 Å². The van der Waals surface area contributed by atoms with Crippen molar-refractivity contribution in [3.63, 3.8) is 0 Å². The average molecular weight is 375 g/mol. The van der Waals surface area contributed by atoms with Gasteiger partial charge in [0, 0.05) is 19.6 Å². The summed E-state index contributed by atoms with van der Waals surface area (Å²) in [6, 6.07) is 8.41. The third-order valence-corrected chi connectivity index (χ3v) is 5.00. The van der Waals surface area contributed by atoms with Crippen LogP contribution in [0.25, 0.3) is 0 Å². The molecule has 7 heteroatoms. The monoisotopic (exact) mass is 374 g/mol. The summed E-state index contributed by atoms with van der Waals surface area (Å²) in [6.07, 6.45) is 1.48. The fourth-order valence-electron chi connectivity index (χ4n) is 3.01. The Labute approximate surface area is 157 Å². The van der Waals surface area contributed by atoms with Crippen molar-refractivity contribution in [2.24, 2.45) is 0 Å². The van der Waals surface area contributed by atoms with Crippen LogP contribution in [0.2, 0.25) is 5.02 Å². The maximum Gasteiger partial charge on any atom is 0.285 e. The van der Waals surface area contributed by atoms with Gasteiger partial charge in [-0.05, 0) is 16.5 Å². The lowest BCUT2D eigenvalue weighted by Crippen LogP contribution is -2.50. The molecule has 0 unspecified atom stereocenters. The Hall–Kier alpha value is -2.34. The van der Waals surface area contributed by atoms with Gasteiger partial charge in [-0.15, -0.1) is 0 Å². The fraction of sp³-hybridized carbons (Fsp3) is 0.421. The Morgan fingerprint density at radius 2 is 1.85 bits per heavy atom. The molecule has 2 aromatic rings. The minimum Gasteiger partial charge on any atom is -0.358 e. The van der Waals surface area contributed by atoms with Crippen LogP contribution >= 0.6 is 11.6 Å². The van der Waals surface area contributed by atoms with Gasteiger partial charge >= 0.3 is 0 Å². The van der Waals surface area contributed by atoms with Gasteiger partial charge in [-0.25, -0.2) is 5.10 Å². The number of aromatic nitrogens is 2. The van der Waals surface area contributed by atoms with Crippen molar-refractivity contribution in [2.45, 2.75) is 32.7 Å². The molecule has 0 atom stereocenters. The molecule has 0 saturated carbocycles. The summed E-state index contributed by atoms with van der Waals surface area (Å²) < 4.78 is 0. The van der Waals surface area contributed by atoms with E-state index < -0.39 is 5.56 Å². The molecule has 26 heavy (non-hydrogen) atoms. The number of halogens is 1. The van der Waals surface area contributed by atoms with E-state index in [0.717, 1.165) is 5.56 Å². The molecule has 1 aliphatic heterocycles. The number of benzene rings is 1. The van der Waals surface area contributed by atoms with E-state index in [0.29, 0.717) is 25.3 Å². The number of aromatic amines is 1. The smallest absolute Gasteiger partial charge is 0.285 e. The van der Waals surface area contributed by atoms with E-state index in [-0.39, 0.29) is 22.9 Å². The van der Waals surface area contributed by atoms with E-state index in [2.05, 4.69) is 55.2 Å². The predicted molar refractivity (Wildman–Crippen MR) is 103 cm³/mol. The Morgan fingerprint density at radius 3 is 2.46 bits per heavy atom. The molecular weight excluding hydrogens is 352 g/mol. The van der Waals surface area contributed by atoms with Gasteiger partial charge in [0.2, 0.25) is 5.91 Å². The van der Waals surface area contributed by atoms with Crippen LogP contribution in [-0.2, 0) is 16.8 Å². The van der Waals surface area contributed by atoms with Gasteiger partial charge in [0.25, 0.3) is 5.56 Å². The number of nitrogens with one attached hydrogen (secondary N) is 1. The van der Waals surface area contributed by atoms with Crippen molar-refractivity contribution in [3.8, 4) is 0 Å². The number of carbonyl (C=O) groups is 1. The molecule has 138 valence electrons. The summed E-state index contributed by atoms with van der Waals surface area (Å²) in [6.45, 7) is 8.49. The highest BCUT2D eigenvalue weighted by molar-refractivity contribution is 6.33. The third-order valence-electron chi connectivity index (χ3n) is 4.63. The molecule has 3 rings (SSSR count). The molecule has 0 bridgehead atoms. The number of rotatable bonds is 3. The number of carbonyl (C=O) groups excluding carboxylic acids is 1. The lowest BCUT2D eigenvalue weighted by Gasteiger charge is -2.35. The van der Waals surface area contributed by atoms with E-state index in [1.807, 2.05) is 4.90 Å². The van der Waals surface area contributed by atoms with Crippen molar-refractivity contribution in [2.75, 3.05) is 24.5 Å². The van der Waals surface area contributed by atoms with Gasteiger partial charge in [-0.2, -0.15) is 5.10 Å². The van der Waals surface area contributed by atoms with Crippen LogP contribution in [-0.4, -0.2) is 40.6 Å². The first kappa shape index (κ1) is 18.5. The maximum absolute atomic E-state index is 12.5. The summed E-state index contributed by atoms with van der Waals surface area (Å²) in [4.78, 5) is 27.8. The Balaban J connectivity index is 1.67. The molecule has 2 heterocycles. The van der Waals surface area contributed by atoms with Crippen molar-refractivity contribution in [1.29, 1.82) is 0 Å². The van der Waals surface area contributed by atoms with Crippen molar-refractivity contribution < 1.29 is 4.79 Å². The number of H-pyrrole nitrogens is 1. The zero-order valence-corrected chi connectivity index (χ0v) is 16.0. The molecule has 1 aromatic heterocycles. The molecule has 1 saturated heterocycles. The highest BCUT2D eigenvalue weighted by Crippen LogP contribution is 2.24. The fourth-order valence-corrected chi connectivity index (χ4v) is 3.22. The van der Waals surface area contributed by atoms with E-state index in [9.17, 15) is 9.59 Å². The quantitative estimate of drug-likeness (QED) is 0.896. The summed E-state index contributed by atoms with van der Waals surface area (Å²) in [5.41, 5.74) is 2.54. The normalized spacial score (nSPS) is 15.5. The summed E-state index contributed by atoms with van der Waals surface area (Å²) in [7, 11) is 0. The molecule has 1 aliphatic rings. The number of hydrogen-bond donors (Lipinski definition) is 1. The Bertz CT molecular complexity index is 855. The third kappa shape index (κ3) is 3.90. The largest absolute Gasteiger partial charge is 0.358 e. The van der Waals surface area contributed by atoms with Gasteiger partial charge < -0.3 is 9.80 Å². The zero-order valence-electron chi connectivity index (χ0n) is 15.3.